The molecule has 106 valence electrons. The van der Waals surface area contributed by atoms with Gasteiger partial charge >= 0.3 is 0 Å². The van der Waals surface area contributed by atoms with E-state index in [1.54, 1.807) is 12.3 Å². The normalized spacial score (nSPS) is 12.5. The Morgan fingerprint density at radius 1 is 1.05 bits per heavy atom. The number of rotatable bonds is 3. The van der Waals surface area contributed by atoms with E-state index in [4.69, 9.17) is 23.2 Å². The van der Waals surface area contributed by atoms with Crippen LogP contribution in [-0.2, 0) is 0 Å². The molecule has 1 atom stereocenters. The molecule has 0 bridgehead atoms. The van der Waals surface area contributed by atoms with Gasteiger partial charge in [-0.05, 0) is 47.8 Å². The summed E-state index contributed by atoms with van der Waals surface area (Å²) in [5.41, 5.74) is 2.09. The molecule has 0 aliphatic carbocycles. The van der Waals surface area contributed by atoms with E-state index in [9.17, 15) is 0 Å². The monoisotopic (exact) mass is 316 g/mol. The van der Waals surface area contributed by atoms with Gasteiger partial charge in [0.1, 0.15) is 0 Å². The Balaban J connectivity index is 2.21. The van der Waals surface area contributed by atoms with Crippen molar-refractivity contribution < 1.29 is 0 Å². The summed E-state index contributed by atoms with van der Waals surface area (Å²) in [5, 5.41) is 6.95. The summed E-state index contributed by atoms with van der Waals surface area (Å²) in [6, 6.07) is 13.7. The molecule has 0 fully saturated rings. The van der Waals surface area contributed by atoms with Crippen LogP contribution in [-0.4, -0.2) is 12.0 Å². The van der Waals surface area contributed by atoms with E-state index in [0.717, 1.165) is 21.9 Å². The van der Waals surface area contributed by atoms with Crippen LogP contribution in [0.25, 0.3) is 10.8 Å². The Morgan fingerprint density at radius 3 is 2.71 bits per heavy atom. The quantitative estimate of drug-likeness (QED) is 0.747. The molecule has 4 heteroatoms. The molecular weight excluding hydrogens is 303 g/mol. The van der Waals surface area contributed by atoms with Gasteiger partial charge in [0.05, 0.1) is 6.04 Å². The number of halogens is 2. The highest BCUT2D eigenvalue weighted by molar-refractivity contribution is 6.33. The molecule has 0 aliphatic heterocycles. The number of hydrogen-bond donors (Lipinski definition) is 1. The van der Waals surface area contributed by atoms with Crippen molar-refractivity contribution in [1.29, 1.82) is 0 Å². The second-order valence-electron chi connectivity index (χ2n) is 4.83. The number of pyridine rings is 1. The first-order valence-corrected chi connectivity index (χ1v) is 7.41. The predicted octanol–water partition coefficient (Wildman–Crippen LogP) is 4.85. The highest BCUT2D eigenvalue weighted by Crippen LogP contribution is 2.33. The first-order valence-electron chi connectivity index (χ1n) is 6.65. The summed E-state index contributed by atoms with van der Waals surface area (Å²) < 4.78 is 0. The van der Waals surface area contributed by atoms with E-state index in [-0.39, 0.29) is 6.04 Å². The molecule has 1 heterocycles. The molecule has 0 saturated carbocycles. The Bertz CT molecular complexity index is 781. The lowest BCUT2D eigenvalue weighted by Crippen LogP contribution is -2.18. The minimum absolute atomic E-state index is 0.0379. The largest absolute Gasteiger partial charge is 0.309 e. The van der Waals surface area contributed by atoms with Gasteiger partial charge in [0.2, 0.25) is 0 Å². The smallest absolute Gasteiger partial charge is 0.0596 e. The first-order chi connectivity index (χ1) is 10.2. The molecule has 1 aromatic heterocycles. The molecule has 0 amide bonds. The van der Waals surface area contributed by atoms with Crippen molar-refractivity contribution in [3.63, 3.8) is 0 Å². The number of hydrogen-bond acceptors (Lipinski definition) is 2. The van der Waals surface area contributed by atoms with Crippen molar-refractivity contribution in [2.75, 3.05) is 7.05 Å². The fourth-order valence-corrected chi connectivity index (χ4v) is 3.01. The molecule has 0 saturated heterocycles. The van der Waals surface area contributed by atoms with Crippen molar-refractivity contribution in [2.45, 2.75) is 6.04 Å². The lowest BCUT2D eigenvalue weighted by molar-refractivity contribution is 0.697. The molecule has 0 spiro atoms. The van der Waals surface area contributed by atoms with E-state index in [1.807, 2.05) is 37.5 Å². The second-order valence-corrected chi connectivity index (χ2v) is 5.68. The fraction of sp³-hybridized carbons (Fsp3) is 0.118. The van der Waals surface area contributed by atoms with Gasteiger partial charge in [0, 0.05) is 27.8 Å². The highest BCUT2D eigenvalue weighted by Gasteiger charge is 2.18. The average Bonchev–Trinajstić information content (AvgIpc) is 2.51. The van der Waals surface area contributed by atoms with E-state index >= 15 is 0 Å². The van der Waals surface area contributed by atoms with Gasteiger partial charge in [-0.15, -0.1) is 0 Å². The maximum atomic E-state index is 6.36. The van der Waals surface area contributed by atoms with Crippen LogP contribution in [0.1, 0.15) is 17.2 Å². The van der Waals surface area contributed by atoms with Gasteiger partial charge in [0.25, 0.3) is 0 Å². The molecule has 0 radical (unpaired) electrons. The number of nitrogens with one attached hydrogen (secondary N) is 1. The zero-order valence-corrected chi connectivity index (χ0v) is 13.0. The van der Waals surface area contributed by atoms with Crippen molar-refractivity contribution in [2.24, 2.45) is 0 Å². The second kappa shape index (κ2) is 6.02. The third kappa shape index (κ3) is 2.75. The maximum absolute atomic E-state index is 6.36. The molecule has 0 aliphatic rings. The zero-order chi connectivity index (χ0) is 14.8. The molecule has 1 unspecified atom stereocenters. The van der Waals surface area contributed by atoms with Gasteiger partial charge in [-0.3, -0.25) is 4.98 Å². The van der Waals surface area contributed by atoms with Crippen LogP contribution < -0.4 is 5.32 Å². The maximum Gasteiger partial charge on any atom is 0.0596 e. The van der Waals surface area contributed by atoms with Crippen LogP contribution in [0.15, 0.2) is 54.9 Å². The van der Waals surface area contributed by atoms with Crippen LogP contribution in [0, 0.1) is 0 Å². The van der Waals surface area contributed by atoms with E-state index in [0.29, 0.717) is 10.0 Å². The van der Waals surface area contributed by atoms with E-state index in [1.165, 1.54) is 0 Å². The number of fused-ring (bicyclic) bond motifs is 1. The third-order valence-electron chi connectivity index (χ3n) is 3.59. The number of aromatic nitrogens is 1. The first kappa shape index (κ1) is 14.3. The number of benzene rings is 2. The molecule has 21 heavy (non-hydrogen) atoms. The van der Waals surface area contributed by atoms with Gasteiger partial charge in [0.15, 0.2) is 0 Å². The fourth-order valence-electron chi connectivity index (χ4n) is 2.60. The van der Waals surface area contributed by atoms with Crippen LogP contribution in [0.4, 0.5) is 0 Å². The van der Waals surface area contributed by atoms with Crippen molar-refractivity contribution in [3.8, 4) is 0 Å². The predicted molar refractivity (Wildman–Crippen MR) is 89.1 cm³/mol. The third-order valence-corrected chi connectivity index (χ3v) is 4.17. The summed E-state index contributed by atoms with van der Waals surface area (Å²) in [4.78, 5) is 4.24. The van der Waals surface area contributed by atoms with Crippen molar-refractivity contribution in [3.05, 3.63) is 76.0 Å². The molecule has 3 aromatic rings. The standard InChI is InChI=1S/C17H14Cl2N2/c1-20-17(14-9-12(18)5-6-16(14)19)13-4-2-3-11-7-8-21-10-15(11)13/h2-10,17,20H,1H3. The lowest BCUT2D eigenvalue weighted by Gasteiger charge is -2.20. The topological polar surface area (TPSA) is 24.9 Å². The van der Waals surface area contributed by atoms with E-state index < -0.39 is 0 Å². The molecule has 1 N–H and O–H groups in total. The average molecular weight is 317 g/mol. The van der Waals surface area contributed by atoms with Crippen LogP contribution in [0.2, 0.25) is 10.0 Å². The van der Waals surface area contributed by atoms with E-state index in [2.05, 4.69) is 22.4 Å². The highest BCUT2D eigenvalue weighted by atomic mass is 35.5. The lowest BCUT2D eigenvalue weighted by atomic mass is 9.94. The minimum atomic E-state index is -0.0379. The Hall–Kier alpha value is -1.61. The minimum Gasteiger partial charge on any atom is -0.309 e. The summed E-state index contributed by atoms with van der Waals surface area (Å²) in [6.07, 6.45) is 3.68. The van der Waals surface area contributed by atoms with Gasteiger partial charge in [-0.2, -0.15) is 0 Å². The summed E-state index contributed by atoms with van der Waals surface area (Å²) >= 11 is 12.5. The molecule has 2 nitrogen and oxygen atoms in total. The Labute approximate surface area is 133 Å². The zero-order valence-electron chi connectivity index (χ0n) is 11.5. The Morgan fingerprint density at radius 2 is 1.90 bits per heavy atom. The van der Waals surface area contributed by atoms with Crippen molar-refractivity contribution in [1.82, 2.24) is 10.3 Å². The van der Waals surface area contributed by atoms with Gasteiger partial charge < -0.3 is 5.32 Å². The van der Waals surface area contributed by atoms with Gasteiger partial charge in [-0.1, -0.05) is 41.4 Å². The van der Waals surface area contributed by atoms with Gasteiger partial charge in [-0.25, -0.2) is 0 Å². The summed E-state index contributed by atoms with van der Waals surface area (Å²) in [7, 11) is 1.91. The number of nitrogens with zero attached hydrogens (tertiary/aromatic N) is 1. The van der Waals surface area contributed by atoms with Crippen LogP contribution in [0.5, 0.6) is 0 Å². The molecule has 2 aromatic carbocycles. The summed E-state index contributed by atoms with van der Waals surface area (Å²) in [5.74, 6) is 0. The van der Waals surface area contributed by atoms with Crippen molar-refractivity contribution >= 4 is 34.0 Å². The molecular formula is C17H14Cl2N2. The summed E-state index contributed by atoms with van der Waals surface area (Å²) in [6.45, 7) is 0. The SMILES string of the molecule is CNC(c1cc(Cl)ccc1Cl)c1cccc2ccncc12. The van der Waals surface area contributed by atoms with Crippen LogP contribution in [0.3, 0.4) is 0 Å². The Kier molecular flexibility index (Phi) is 4.11. The van der Waals surface area contributed by atoms with Crippen LogP contribution >= 0.6 is 23.2 Å². The molecule has 3 rings (SSSR count).